The van der Waals surface area contributed by atoms with Crippen LogP contribution in [0.5, 0.6) is 0 Å². The van der Waals surface area contributed by atoms with Crippen molar-refractivity contribution in [2.75, 3.05) is 0 Å². The standard InChI is InChI=1S/C14H26O/c1-5-6-7-13(4)10-14(11-15)9-8-12(2)3/h10-13H,5-9H2,1-4H3/b14-10-. The Balaban J connectivity index is 4.01. The number of allylic oxidation sites excluding steroid dienone is 2. The molecule has 0 aliphatic carbocycles. The van der Waals surface area contributed by atoms with Gasteiger partial charge in [0.25, 0.3) is 0 Å². The van der Waals surface area contributed by atoms with Crippen LogP contribution in [0, 0.1) is 11.8 Å². The number of aldehydes is 1. The van der Waals surface area contributed by atoms with Crippen LogP contribution < -0.4 is 0 Å². The largest absolute Gasteiger partial charge is 0.298 e. The van der Waals surface area contributed by atoms with Gasteiger partial charge in [-0.1, -0.05) is 46.6 Å². The second-order valence-electron chi connectivity index (χ2n) is 4.91. The molecule has 0 aliphatic heterocycles. The third kappa shape index (κ3) is 8.41. The smallest absolute Gasteiger partial charge is 0.145 e. The third-order valence-corrected chi connectivity index (χ3v) is 2.67. The zero-order valence-corrected chi connectivity index (χ0v) is 10.8. The topological polar surface area (TPSA) is 17.1 Å². The van der Waals surface area contributed by atoms with Gasteiger partial charge in [0.05, 0.1) is 0 Å². The molecule has 0 bridgehead atoms. The van der Waals surface area contributed by atoms with Crippen molar-refractivity contribution in [3.63, 3.8) is 0 Å². The third-order valence-electron chi connectivity index (χ3n) is 2.67. The Bertz CT molecular complexity index is 192. The van der Waals surface area contributed by atoms with Crippen LogP contribution in [0.4, 0.5) is 0 Å². The second kappa shape index (κ2) is 8.70. The molecule has 0 aromatic heterocycles. The van der Waals surface area contributed by atoms with Crippen LogP contribution in [0.3, 0.4) is 0 Å². The molecule has 1 heteroatoms. The Hall–Kier alpha value is -0.590. The Morgan fingerprint density at radius 3 is 2.33 bits per heavy atom. The summed E-state index contributed by atoms with van der Waals surface area (Å²) >= 11 is 0. The number of unbranched alkanes of at least 4 members (excludes halogenated alkanes) is 1. The summed E-state index contributed by atoms with van der Waals surface area (Å²) in [6.45, 7) is 8.80. The minimum absolute atomic E-state index is 0.553. The number of carbonyl (C=O) groups excluding carboxylic acids is 1. The van der Waals surface area contributed by atoms with Gasteiger partial charge in [-0.15, -0.1) is 0 Å². The molecule has 15 heavy (non-hydrogen) atoms. The minimum atomic E-state index is 0.553. The fraction of sp³-hybridized carbons (Fsp3) is 0.786. The van der Waals surface area contributed by atoms with E-state index in [0.717, 1.165) is 24.7 Å². The van der Waals surface area contributed by atoms with Crippen LogP contribution in [0.1, 0.15) is 59.8 Å². The summed E-state index contributed by atoms with van der Waals surface area (Å²) in [5.41, 5.74) is 0.993. The molecule has 0 radical (unpaired) electrons. The average Bonchev–Trinajstić information content (AvgIpc) is 2.20. The normalized spacial score (nSPS) is 14.3. The summed E-state index contributed by atoms with van der Waals surface area (Å²) in [6.07, 6.45) is 8.95. The number of carbonyl (C=O) groups is 1. The molecular weight excluding hydrogens is 184 g/mol. The Morgan fingerprint density at radius 2 is 1.87 bits per heavy atom. The van der Waals surface area contributed by atoms with Crippen molar-refractivity contribution in [1.82, 2.24) is 0 Å². The van der Waals surface area contributed by atoms with Crippen LogP contribution in [0.2, 0.25) is 0 Å². The van der Waals surface area contributed by atoms with E-state index in [4.69, 9.17) is 0 Å². The molecule has 88 valence electrons. The second-order valence-corrected chi connectivity index (χ2v) is 4.91. The van der Waals surface area contributed by atoms with Gasteiger partial charge in [0.15, 0.2) is 0 Å². The maximum Gasteiger partial charge on any atom is 0.145 e. The Labute approximate surface area is 95.0 Å². The molecule has 0 amide bonds. The van der Waals surface area contributed by atoms with E-state index < -0.39 is 0 Å². The summed E-state index contributed by atoms with van der Waals surface area (Å²) in [5.74, 6) is 1.23. The van der Waals surface area contributed by atoms with E-state index in [0.29, 0.717) is 11.8 Å². The summed E-state index contributed by atoms with van der Waals surface area (Å²) in [5, 5.41) is 0. The molecule has 0 rings (SSSR count). The van der Waals surface area contributed by atoms with E-state index in [1.807, 2.05) is 0 Å². The number of hydrogen-bond acceptors (Lipinski definition) is 1. The summed E-state index contributed by atoms with van der Waals surface area (Å²) in [7, 11) is 0. The van der Waals surface area contributed by atoms with Crippen LogP contribution >= 0.6 is 0 Å². The van der Waals surface area contributed by atoms with Gasteiger partial charge in [-0.2, -0.15) is 0 Å². The molecule has 0 saturated heterocycles. The van der Waals surface area contributed by atoms with Crippen molar-refractivity contribution >= 4 is 6.29 Å². The highest BCUT2D eigenvalue weighted by Crippen LogP contribution is 2.15. The molecule has 0 heterocycles. The Kier molecular flexibility index (Phi) is 8.35. The van der Waals surface area contributed by atoms with Crippen molar-refractivity contribution in [3.8, 4) is 0 Å². The first-order valence-electron chi connectivity index (χ1n) is 6.26. The molecule has 1 atom stereocenters. The molecule has 0 spiro atoms. The zero-order chi connectivity index (χ0) is 11.7. The van der Waals surface area contributed by atoms with Gasteiger partial charge >= 0.3 is 0 Å². The average molecular weight is 210 g/mol. The quantitative estimate of drug-likeness (QED) is 0.429. The zero-order valence-electron chi connectivity index (χ0n) is 10.8. The number of hydrogen-bond donors (Lipinski definition) is 0. The fourth-order valence-corrected chi connectivity index (χ4v) is 1.61. The summed E-state index contributed by atoms with van der Waals surface area (Å²) < 4.78 is 0. The Morgan fingerprint density at radius 1 is 1.20 bits per heavy atom. The van der Waals surface area contributed by atoms with Crippen molar-refractivity contribution in [2.24, 2.45) is 11.8 Å². The van der Waals surface area contributed by atoms with Gasteiger partial charge in [0.2, 0.25) is 0 Å². The molecule has 1 unspecified atom stereocenters. The lowest BCUT2D eigenvalue weighted by Gasteiger charge is -2.08. The first-order valence-corrected chi connectivity index (χ1v) is 6.26. The van der Waals surface area contributed by atoms with E-state index in [1.54, 1.807) is 0 Å². The van der Waals surface area contributed by atoms with Gasteiger partial charge in [-0.05, 0) is 36.7 Å². The minimum Gasteiger partial charge on any atom is -0.298 e. The number of rotatable bonds is 8. The maximum absolute atomic E-state index is 10.9. The first kappa shape index (κ1) is 14.4. The van der Waals surface area contributed by atoms with Gasteiger partial charge in [0, 0.05) is 0 Å². The van der Waals surface area contributed by atoms with Crippen LogP contribution in [-0.2, 0) is 4.79 Å². The molecule has 0 saturated carbocycles. The van der Waals surface area contributed by atoms with Crippen LogP contribution in [0.25, 0.3) is 0 Å². The molecule has 0 fully saturated rings. The van der Waals surface area contributed by atoms with Crippen molar-refractivity contribution in [3.05, 3.63) is 11.6 Å². The predicted molar refractivity (Wildman–Crippen MR) is 66.9 cm³/mol. The van der Waals surface area contributed by atoms with E-state index >= 15 is 0 Å². The molecule has 0 aliphatic rings. The van der Waals surface area contributed by atoms with Crippen molar-refractivity contribution in [2.45, 2.75) is 59.8 Å². The highest BCUT2D eigenvalue weighted by atomic mass is 16.1. The van der Waals surface area contributed by atoms with Gasteiger partial charge < -0.3 is 0 Å². The lowest BCUT2D eigenvalue weighted by molar-refractivity contribution is -0.105. The molecular formula is C14H26O. The monoisotopic (exact) mass is 210 g/mol. The molecule has 0 aromatic carbocycles. The van der Waals surface area contributed by atoms with Crippen molar-refractivity contribution < 1.29 is 4.79 Å². The fourth-order valence-electron chi connectivity index (χ4n) is 1.61. The highest BCUT2D eigenvalue weighted by Gasteiger charge is 2.02. The lowest BCUT2D eigenvalue weighted by Crippen LogP contribution is -1.96. The van der Waals surface area contributed by atoms with Crippen LogP contribution in [0.15, 0.2) is 11.6 Å². The summed E-state index contributed by atoms with van der Waals surface area (Å²) in [6, 6.07) is 0. The molecule has 0 N–H and O–H groups in total. The van der Waals surface area contributed by atoms with E-state index in [9.17, 15) is 4.79 Å². The van der Waals surface area contributed by atoms with E-state index in [1.165, 1.54) is 19.3 Å². The van der Waals surface area contributed by atoms with E-state index in [2.05, 4.69) is 33.8 Å². The van der Waals surface area contributed by atoms with E-state index in [-0.39, 0.29) is 0 Å². The molecule has 1 nitrogen and oxygen atoms in total. The maximum atomic E-state index is 10.9. The first-order chi connectivity index (χ1) is 7.10. The van der Waals surface area contributed by atoms with Gasteiger partial charge in [0.1, 0.15) is 6.29 Å². The SMILES string of the molecule is CCCCC(C)/C=C(\C=O)CCC(C)C. The van der Waals surface area contributed by atoms with Gasteiger partial charge in [-0.3, -0.25) is 4.79 Å². The molecule has 0 aromatic rings. The van der Waals surface area contributed by atoms with Gasteiger partial charge in [-0.25, -0.2) is 0 Å². The van der Waals surface area contributed by atoms with Crippen molar-refractivity contribution in [1.29, 1.82) is 0 Å². The lowest BCUT2D eigenvalue weighted by atomic mass is 9.97. The summed E-state index contributed by atoms with van der Waals surface area (Å²) in [4.78, 5) is 10.9. The predicted octanol–water partition coefficient (Wildman–Crippen LogP) is 4.37. The highest BCUT2D eigenvalue weighted by molar-refractivity contribution is 5.73. The van der Waals surface area contributed by atoms with Crippen LogP contribution in [-0.4, -0.2) is 6.29 Å².